The molecular weight excluding hydrogens is 422 g/mol. The summed E-state index contributed by atoms with van der Waals surface area (Å²) in [5.41, 5.74) is 6.19. The van der Waals surface area contributed by atoms with Crippen LogP contribution in [0.25, 0.3) is 22.0 Å². The van der Waals surface area contributed by atoms with Gasteiger partial charge >= 0.3 is 0 Å². The minimum atomic E-state index is -0.237. The number of carbonyl (C=O) groups excluding carboxylic acids is 1. The Morgan fingerprint density at radius 3 is 2.68 bits per heavy atom. The summed E-state index contributed by atoms with van der Waals surface area (Å²) in [5, 5.41) is 3.86. The van der Waals surface area contributed by atoms with Crippen LogP contribution >= 0.6 is 0 Å². The van der Waals surface area contributed by atoms with Gasteiger partial charge in [0.25, 0.3) is 5.91 Å². The fourth-order valence-corrected chi connectivity index (χ4v) is 4.43. The molecule has 34 heavy (non-hydrogen) atoms. The quantitative estimate of drug-likeness (QED) is 0.399. The number of nitrogens with zero attached hydrogens (tertiary/aromatic N) is 4. The van der Waals surface area contributed by atoms with E-state index in [0.29, 0.717) is 11.6 Å². The van der Waals surface area contributed by atoms with Crippen molar-refractivity contribution in [3.63, 3.8) is 0 Å². The van der Waals surface area contributed by atoms with Crippen LogP contribution < -0.4 is 5.32 Å². The lowest BCUT2D eigenvalue weighted by Crippen LogP contribution is -2.17. The molecule has 0 radical (unpaired) electrons. The number of benzene rings is 2. The standard InChI is InChI=1S/C28H25N5O/c1-3-19(2)33-12-11-21(17-33)25-14-22(13-23-15-29-18-31-27(23)25)20-9-10-26(30-16-20)28(34)32-24-7-5-4-6-8-24/h3-10,13-16,18,21H,1-2,11-12,17H2,(H,32,34). The van der Waals surface area contributed by atoms with E-state index < -0.39 is 0 Å². The second kappa shape index (κ2) is 9.27. The van der Waals surface area contributed by atoms with Crippen LogP contribution in [0.3, 0.4) is 0 Å². The highest BCUT2D eigenvalue weighted by Gasteiger charge is 2.26. The van der Waals surface area contributed by atoms with Crippen molar-refractivity contribution in [2.75, 3.05) is 18.4 Å². The number of pyridine rings is 1. The predicted molar refractivity (Wildman–Crippen MR) is 135 cm³/mol. The fourth-order valence-electron chi connectivity index (χ4n) is 4.43. The van der Waals surface area contributed by atoms with Crippen molar-refractivity contribution >= 4 is 22.5 Å². The largest absolute Gasteiger partial charge is 0.371 e. The number of likely N-dealkylation sites (tertiary alicyclic amines) is 1. The lowest BCUT2D eigenvalue weighted by Gasteiger charge is -2.19. The summed E-state index contributed by atoms with van der Waals surface area (Å²) in [6.07, 6.45) is 8.02. The van der Waals surface area contributed by atoms with E-state index in [1.54, 1.807) is 24.7 Å². The maximum absolute atomic E-state index is 12.6. The molecular formula is C28H25N5O. The van der Waals surface area contributed by atoms with Crippen molar-refractivity contribution in [2.24, 2.45) is 0 Å². The lowest BCUT2D eigenvalue weighted by molar-refractivity contribution is 0.102. The molecule has 2 aromatic carbocycles. The van der Waals surface area contributed by atoms with Gasteiger partial charge in [-0.05, 0) is 54.0 Å². The van der Waals surface area contributed by atoms with E-state index in [1.165, 1.54) is 5.56 Å². The molecule has 1 unspecified atom stereocenters. The summed E-state index contributed by atoms with van der Waals surface area (Å²) in [5.74, 6) is 0.0942. The van der Waals surface area contributed by atoms with Crippen LogP contribution in [0.4, 0.5) is 5.69 Å². The van der Waals surface area contributed by atoms with E-state index >= 15 is 0 Å². The monoisotopic (exact) mass is 447 g/mol. The molecule has 0 saturated carbocycles. The minimum Gasteiger partial charge on any atom is -0.371 e. The molecule has 2 aromatic heterocycles. The summed E-state index contributed by atoms with van der Waals surface area (Å²) in [4.78, 5) is 28.1. The van der Waals surface area contributed by atoms with Crippen LogP contribution in [0, 0.1) is 0 Å². The van der Waals surface area contributed by atoms with E-state index in [9.17, 15) is 4.79 Å². The second-order valence-corrected chi connectivity index (χ2v) is 8.41. The Morgan fingerprint density at radius 1 is 1.06 bits per heavy atom. The molecule has 4 aromatic rings. The number of anilines is 1. The zero-order chi connectivity index (χ0) is 23.5. The molecule has 1 saturated heterocycles. The molecule has 3 heterocycles. The van der Waals surface area contributed by atoms with Gasteiger partial charge in [-0.25, -0.2) is 9.97 Å². The molecule has 1 fully saturated rings. The molecule has 168 valence electrons. The Morgan fingerprint density at radius 2 is 1.91 bits per heavy atom. The van der Waals surface area contributed by atoms with Crippen molar-refractivity contribution < 1.29 is 4.79 Å². The third kappa shape index (κ3) is 4.30. The predicted octanol–water partition coefficient (Wildman–Crippen LogP) is 5.43. The van der Waals surface area contributed by atoms with Gasteiger partial charge in [-0.3, -0.25) is 9.78 Å². The van der Waals surface area contributed by atoms with Crippen LogP contribution in [0.2, 0.25) is 0 Å². The number of para-hydroxylation sites is 1. The summed E-state index contributed by atoms with van der Waals surface area (Å²) < 4.78 is 0. The number of aromatic nitrogens is 3. The second-order valence-electron chi connectivity index (χ2n) is 8.41. The van der Waals surface area contributed by atoms with E-state index in [2.05, 4.69) is 50.5 Å². The first-order valence-corrected chi connectivity index (χ1v) is 11.2. The molecule has 6 nitrogen and oxygen atoms in total. The zero-order valence-electron chi connectivity index (χ0n) is 18.8. The van der Waals surface area contributed by atoms with Crippen molar-refractivity contribution in [3.8, 4) is 11.1 Å². The third-order valence-electron chi connectivity index (χ3n) is 6.27. The topological polar surface area (TPSA) is 71.0 Å². The van der Waals surface area contributed by atoms with Gasteiger partial charge in [0.2, 0.25) is 0 Å². The number of amides is 1. The van der Waals surface area contributed by atoms with Crippen LogP contribution in [0.15, 0.2) is 98.2 Å². The van der Waals surface area contributed by atoms with Gasteiger partial charge in [-0.1, -0.05) is 37.4 Å². The minimum absolute atomic E-state index is 0.237. The molecule has 0 aliphatic carbocycles. The molecule has 1 atom stereocenters. The molecule has 1 N–H and O–H groups in total. The maximum atomic E-state index is 12.6. The van der Waals surface area contributed by atoms with Crippen molar-refractivity contribution in [3.05, 3.63) is 110 Å². The summed E-state index contributed by atoms with van der Waals surface area (Å²) in [7, 11) is 0. The number of fused-ring (bicyclic) bond motifs is 1. The van der Waals surface area contributed by atoms with E-state index in [0.717, 1.165) is 52.9 Å². The van der Waals surface area contributed by atoms with Gasteiger partial charge in [-0.15, -0.1) is 0 Å². The summed E-state index contributed by atoms with van der Waals surface area (Å²) >= 11 is 0. The summed E-state index contributed by atoms with van der Waals surface area (Å²) in [6.45, 7) is 9.78. The number of rotatable bonds is 6. The van der Waals surface area contributed by atoms with E-state index in [1.807, 2.05) is 42.6 Å². The van der Waals surface area contributed by atoms with Gasteiger partial charge in [-0.2, -0.15) is 0 Å². The SMILES string of the molecule is C=CC(=C)N1CCC(c2cc(-c3ccc(C(=O)Nc4ccccc4)nc3)cc3cncnc23)C1. The van der Waals surface area contributed by atoms with E-state index in [-0.39, 0.29) is 5.91 Å². The Labute approximate surface area is 198 Å². The fraction of sp³-hybridized carbons (Fsp3) is 0.143. The average Bonchev–Trinajstić information content (AvgIpc) is 3.38. The van der Waals surface area contributed by atoms with Crippen LogP contribution in [-0.4, -0.2) is 38.8 Å². The molecule has 1 aliphatic heterocycles. The first-order chi connectivity index (χ1) is 16.6. The Hall–Kier alpha value is -4.32. The van der Waals surface area contributed by atoms with Crippen LogP contribution in [0.1, 0.15) is 28.4 Å². The van der Waals surface area contributed by atoms with Crippen LogP contribution in [0.5, 0.6) is 0 Å². The Balaban J connectivity index is 1.44. The molecule has 1 amide bonds. The average molecular weight is 448 g/mol. The molecule has 0 bridgehead atoms. The smallest absolute Gasteiger partial charge is 0.274 e. The zero-order valence-corrected chi connectivity index (χ0v) is 18.8. The molecule has 6 heteroatoms. The highest BCUT2D eigenvalue weighted by atomic mass is 16.1. The van der Waals surface area contributed by atoms with Gasteiger partial charge in [0.1, 0.15) is 12.0 Å². The summed E-state index contributed by atoms with van der Waals surface area (Å²) in [6, 6.07) is 17.3. The van der Waals surface area contributed by atoms with E-state index in [4.69, 9.17) is 0 Å². The van der Waals surface area contributed by atoms with Gasteiger partial charge < -0.3 is 10.2 Å². The Kier molecular flexibility index (Phi) is 5.87. The van der Waals surface area contributed by atoms with Crippen molar-refractivity contribution in [1.29, 1.82) is 0 Å². The number of carbonyl (C=O) groups is 1. The number of hydrogen-bond donors (Lipinski definition) is 1. The highest BCUT2D eigenvalue weighted by molar-refractivity contribution is 6.03. The van der Waals surface area contributed by atoms with Crippen molar-refractivity contribution in [2.45, 2.75) is 12.3 Å². The van der Waals surface area contributed by atoms with Gasteiger partial charge in [0, 0.05) is 53.7 Å². The first kappa shape index (κ1) is 21.5. The number of allylic oxidation sites excluding steroid dienone is 1. The lowest BCUT2D eigenvalue weighted by atomic mass is 9.92. The maximum Gasteiger partial charge on any atom is 0.274 e. The van der Waals surface area contributed by atoms with Crippen LogP contribution in [-0.2, 0) is 0 Å². The molecule has 1 aliphatic rings. The normalized spacial score (nSPS) is 15.3. The van der Waals surface area contributed by atoms with Crippen molar-refractivity contribution in [1.82, 2.24) is 19.9 Å². The first-order valence-electron chi connectivity index (χ1n) is 11.2. The number of nitrogens with one attached hydrogen (secondary N) is 1. The molecule has 0 spiro atoms. The highest BCUT2D eigenvalue weighted by Crippen LogP contribution is 2.36. The molecule has 5 rings (SSSR count). The number of hydrogen-bond acceptors (Lipinski definition) is 5. The Bertz CT molecular complexity index is 1360. The van der Waals surface area contributed by atoms with Gasteiger partial charge in [0.15, 0.2) is 0 Å². The van der Waals surface area contributed by atoms with Gasteiger partial charge in [0.05, 0.1) is 5.52 Å². The third-order valence-corrected chi connectivity index (χ3v) is 6.27.